The van der Waals surface area contributed by atoms with Crippen molar-refractivity contribution in [3.05, 3.63) is 67.1 Å². The van der Waals surface area contributed by atoms with Gasteiger partial charge in [-0.25, -0.2) is 24.6 Å². The van der Waals surface area contributed by atoms with Crippen LogP contribution in [0.25, 0.3) is 22.1 Å². The fraction of sp³-hybridized carbons (Fsp3) is 0.250. The van der Waals surface area contributed by atoms with Gasteiger partial charge >= 0.3 is 0 Å². The quantitative estimate of drug-likeness (QED) is 0.320. The molecule has 4 heterocycles. The standard InChI is InChI=1S/C28H28N10O2/c1-5-25(39)37-10-11-38(18(3)15-37)28-29-14-22-26(33-28)27(31-16-30-22)32-19-6-9-24(17(2)12-19)40-20-7-8-23-21(13-20)34-35-36(23)4/h5-9,12-14,16,18H,1,10-11,15H2,2-4H3,(H,30,31,32)/t18-/m1/s1. The molecule has 12 heteroatoms. The molecule has 0 unspecified atom stereocenters. The topological polar surface area (TPSA) is 127 Å². The van der Waals surface area contributed by atoms with Crippen molar-refractivity contribution in [2.24, 2.45) is 7.05 Å². The Kier molecular flexibility index (Phi) is 6.42. The number of ether oxygens (including phenoxy) is 1. The number of fused-ring (bicyclic) bond motifs is 2. The molecule has 1 aliphatic rings. The third kappa shape index (κ3) is 4.75. The maximum absolute atomic E-state index is 12.1. The first kappa shape index (κ1) is 25.2. The van der Waals surface area contributed by atoms with Gasteiger partial charge in [-0.15, -0.1) is 5.10 Å². The van der Waals surface area contributed by atoms with Crippen LogP contribution in [0.3, 0.4) is 0 Å². The average molecular weight is 537 g/mol. The van der Waals surface area contributed by atoms with E-state index < -0.39 is 0 Å². The summed E-state index contributed by atoms with van der Waals surface area (Å²) in [5.41, 5.74) is 4.73. The molecule has 202 valence electrons. The number of carbonyl (C=O) groups is 1. The van der Waals surface area contributed by atoms with E-state index in [1.165, 1.54) is 12.4 Å². The largest absolute Gasteiger partial charge is 0.457 e. The second kappa shape index (κ2) is 10.2. The van der Waals surface area contributed by atoms with E-state index in [4.69, 9.17) is 9.72 Å². The van der Waals surface area contributed by atoms with Crippen LogP contribution in [0, 0.1) is 6.92 Å². The number of nitrogens with one attached hydrogen (secondary N) is 1. The molecule has 0 spiro atoms. The summed E-state index contributed by atoms with van der Waals surface area (Å²) in [5.74, 6) is 2.50. The number of carbonyl (C=O) groups excluding carboxylic acids is 1. The Bertz CT molecular complexity index is 1750. The SMILES string of the molecule is C=CC(=O)N1CCN(c2ncc3ncnc(Nc4ccc(Oc5ccc6c(c5)nnn6C)c(C)c4)c3n2)[C@H](C)C1. The van der Waals surface area contributed by atoms with E-state index >= 15 is 0 Å². The lowest BCUT2D eigenvalue weighted by atomic mass is 10.2. The molecule has 1 N–H and O–H groups in total. The normalized spacial score (nSPS) is 15.4. The number of hydrogen-bond donors (Lipinski definition) is 1. The molecule has 12 nitrogen and oxygen atoms in total. The average Bonchev–Trinajstić information content (AvgIpc) is 3.33. The van der Waals surface area contributed by atoms with Crippen molar-refractivity contribution in [1.29, 1.82) is 0 Å². The van der Waals surface area contributed by atoms with Crippen molar-refractivity contribution in [2.75, 3.05) is 29.9 Å². The second-order valence-electron chi connectivity index (χ2n) is 9.73. The zero-order chi connectivity index (χ0) is 27.8. The van der Waals surface area contributed by atoms with E-state index in [0.29, 0.717) is 48.2 Å². The molecule has 1 atom stereocenters. The molecule has 0 radical (unpaired) electrons. The molecule has 2 aromatic carbocycles. The number of hydrogen-bond acceptors (Lipinski definition) is 10. The third-order valence-electron chi connectivity index (χ3n) is 6.98. The number of aromatic nitrogens is 7. The van der Waals surface area contributed by atoms with Crippen LogP contribution in [0.2, 0.25) is 0 Å². The Morgan fingerprint density at radius 1 is 1.12 bits per heavy atom. The van der Waals surface area contributed by atoms with Gasteiger partial charge in [-0.1, -0.05) is 11.8 Å². The van der Waals surface area contributed by atoms with Crippen LogP contribution in [-0.2, 0) is 11.8 Å². The van der Waals surface area contributed by atoms with Gasteiger partial charge in [0.05, 0.1) is 11.7 Å². The first-order valence-corrected chi connectivity index (χ1v) is 12.9. The minimum absolute atomic E-state index is 0.0426. The van der Waals surface area contributed by atoms with Crippen LogP contribution in [0.5, 0.6) is 11.5 Å². The minimum Gasteiger partial charge on any atom is -0.457 e. The minimum atomic E-state index is -0.0656. The van der Waals surface area contributed by atoms with E-state index in [0.717, 1.165) is 28.0 Å². The molecule has 40 heavy (non-hydrogen) atoms. The lowest BCUT2D eigenvalue weighted by molar-refractivity contribution is -0.126. The van der Waals surface area contributed by atoms with Crippen molar-refractivity contribution < 1.29 is 9.53 Å². The number of amides is 1. The molecule has 1 aliphatic heterocycles. The van der Waals surface area contributed by atoms with E-state index in [1.807, 2.05) is 50.4 Å². The lowest BCUT2D eigenvalue weighted by Crippen LogP contribution is -2.54. The fourth-order valence-corrected chi connectivity index (χ4v) is 4.85. The molecule has 5 aromatic rings. The summed E-state index contributed by atoms with van der Waals surface area (Å²) in [7, 11) is 1.86. The molecular formula is C28H28N10O2. The van der Waals surface area contributed by atoms with Crippen molar-refractivity contribution in [3.8, 4) is 11.5 Å². The lowest BCUT2D eigenvalue weighted by Gasteiger charge is -2.39. The number of benzene rings is 2. The van der Waals surface area contributed by atoms with E-state index in [-0.39, 0.29) is 11.9 Å². The van der Waals surface area contributed by atoms with Crippen molar-refractivity contribution in [2.45, 2.75) is 19.9 Å². The Hall–Kier alpha value is -5.13. The van der Waals surface area contributed by atoms with Crippen molar-refractivity contribution in [3.63, 3.8) is 0 Å². The van der Waals surface area contributed by atoms with Gasteiger partial charge in [-0.05, 0) is 55.8 Å². The van der Waals surface area contributed by atoms with Gasteiger partial charge in [0, 0.05) is 44.5 Å². The van der Waals surface area contributed by atoms with Crippen LogP contribution in [0.15, 0.2) is 61.6 Å². The smallest absolute Gasteiger partial charge is 0.246 e. The van der Waals surface area contributed by atoms with Crippen molar-refractivity contribution in [1.82, 2.24) is 39.8 Å². The Balaban J connectivity index is 1.22. The van der Waals surface area contributed by atoms with Crippen LogP contribution in [0.4, 0.5) is 17.5 Å². The summed E-state index contributed by atoms with van der Waals surface area (Å²) in [6.07, 6.45) is 4.54. The van der Waals surface area contributed by atoms with Gasteiger partial charge in [0.1, 0.15) is 34.4 Å². The summed E-state index contributed by atoms with van der Waals surface area (Å²) in [5, 5.41) is 11.6. The summed E-state index contributed by atoms with van der Waals surface area (Å²) in [6.45, 7) is 9.39. The molecule has 0 aliphatic carbocycles. The summed E-state index contributed by atoms with van der Waals surface area (Å²) >= 11 is 0. The molecule has 1 fully saturated rings. The maximum atomic E-state index is 12.1. The summed E-state index contributed by atoms with van der Waals surface area (Å²) in [4.78, 5) is 34.1. The molecule has 0 saturated carbocycles. The van der Waals surface area contributed by atoms with E-state index in [2.05, 4.69) is 49.0 Å². The first-order chi connectivity index (χ1) is 19.4. The first-order valence-electron chi connectivity index (χ1n) is 12.9. The number of nitrogens with zero attached hydrogens (tertiary/aromatic N) is 9. The fourth-order valence-electron chi connectivity index (χ4n) is 4.85. The highest BCUT2D eigenvalue weighted by molar-refractivity contribution is 5.88. The number of rotatable bonds is 6. The van der Waals surface area contributed by atoms with Gasteiger partial charge in [0.2, 0.25) is 11.9 Å². The van der Waals surface area contributed by atoms with Crippen LogP contribution in [-0.4, -0.2) is 71.4 Å². The predicted molar refractivity (Wildman–Crippen MR) is 152 cm³/mol. The number of aryl methyl sites for hydroxylation is 2. The Morgan fingerprint density at radius 3 is 2.80 bits per heavy atom. The molecule has 1 saturated heterocycles. The number of anilines is 3. The van der Waals surface area contributed by atoms with E-state index in [9.17, 15) is 4.79 Å². The van der Waals surface area contributed by atoms with Gasteiger partial charge in [-0.2, -0.15) is 0 Å². The number of piperazine rings is 1. The third-order valence-corrected chi connectivity index (χ3v) is 6.98. The Labute approximate surface area is 230 Å². The second-order valence-corrected chi connectivity index (χ2v) is 9.73. The van der Waals surface area contributed by atoms with Crippen LogP contribution < -0.4 is 15.0 Å². The molecule has 0 bridgehead atoms. The van der Waals surface area contributed by atoms with Gasteiger partial charge in [0.15, 0.2) is 5.82 Å². The molecule has 6 rings (SSSR count). The zero-order valence-electron chi connectivity index (χ0n) is 22.4. The summed E-state index contributed by atoms with van der Waals surface area (Å²) in [6, 6.07) is 11.6. The summed E-state index contributed by atoms with van der Waals surface area (Å²) < 4.78 is 7.86. The highest BCUT2D eigenvalue weighted by Crippen LogP contribution is 2.31. The van der Waals surface area contributed by atoms with Gasteiger partial charge in [-0.3, -0.25) is 4.79 Å². The zero-order valence-corrected chi connectivity index (χ0v) is 22.4. The molecule has 3 aromatic heterocycles. The maximum Gasteiger partial charge on any atom is 0.246 e. The van der Waals surface area contributed by atoms with Gasteiger partial charge in [0.25, 0.3) is 0 Å². The monoisotopic (exact) mass is 536 g/mol. The molecule has 1 amide bonds. The van der Waals surface area contributed by atoms with Crippen LogP contribution in [0.1, 0.15) is 12.5 Å². The Morgan fingerprint density at radius 2 is 2.00 bits per heavy atom. The van der Waals surface area contributed by atoms with Crippen molar-refractivity contribution >= 4 is 45.4 Å². The predicted octanol–water partition coefficient (Wildman–Crippen LogP) is 3.77. The molecular weight excluding hydrogens is 508 g/mol. The van der Waals surface area contributed by atoms with Crippen LogP contribution >= 0.6 is 0 Å². The van der Waals surface area contributed by atoms with E-state index in [1.54, 1.807) is 15.8 Å². The highest BCUT2D eigenvalue weighted by Gasteiger charge is 2.27. The highest BCUT2D eigenvalue weighted by atomic mass is 16.5. The van der Waals surface area contributed by atoms with Gasteiger partial charge < -0.3 is 19.9 Å².